The van der Waals surface area contributed by atoms with Gasteiger partial charge in [-0.1, -0.05) is 6.92 Å². The highest BCUT2D eigenvalue weighted by Crippen LogP contribution is 2.27. The van der Waals surface area contributed by atoms with Crippen molar-refractivity contribution in [2.75, 3.05) is 11.9 Å². The van der Waals surface area contributed by atoms with Gasteiger partial charge in [0.1, 0.15) is 17.3 Å². The van der Waals surface area contributed by atoms with Gasteiger partial charge >= 0.3 is 6.18 Å². The molecule has 0 saturated carbocycles. The summed E-state index contributed by atoms with van der Waals surface area (Å²) in [4.78, 5) is 12.1. The molecule has 1 N–H and O–H groups in total. The first-order chi connectivity index (χ1) is 11.9. The highest BCUT2D eigenvalue weighted by atomic mass is 19.4. The zero-order valence-corrected chi connectivity index (χ0v) is 13.8. The van der Waals surface area contributed by atoms with Gasteiger partial charge in [0.2, 0.25) is 0 Å². The van der Waals surface area contributed by atoms with Gasteiger partial charge in [-0.05, 0) is 19.4 Å². The van der Waals surface area contributed by atoms with Gasteiger partial charge in [0.15, 0.2) is 5.65 Å². The average molecular weight is 350 g/mol. The average Bonchev–Trinajstić information content (AvgIpc) is 3.02. The smallest absolute Gasteiger partial charge is 0.369 e. The van der Waals surface area contributed by atoms with Crippen LogP contribution in [0.4, 0.5) is 19.0 Å². The molecule has 6 nitrogen and oxygen atoms in total. The van der Waals surface area contributed by atoms with Crippen LogP contribution in [0.15, 0.2) is 24.4 Å². The van der Waals surface area contributed by atoms with Crippen LogP contribution in [-0.2, 0) is 19.0 Å². The zero-order chi connectivity index (χ0) is 18.0. The molecule has 9 heteroatoms. The summed E-state index contributed by atoms with van der Waals surface area (Å²) in [6, 6.07) is 4.61. The van der Waals surface area contributed by atoms with E-state index in [1.54, 1.807) is 16.8 Å². The number of aryl methyl sites for hydroxylation is 2. The molecule has 0 fully saturated rings. The molecule has 0 bridgehead atoms. The predicted octanol–water partition coefficient (Wildman–Crippen LogP) is 3.06. The molecule has 3 aromatic rings. The number of hydrogen-bond acceptors (Lipinski definition) is 5. The summed E-state index contributed by atoms with van der Waals surface area (Å²) in [5.41, 5.74) is 1.00. The molecule has 0 amide bonds. The third-order valence-electron chi connectivity index (χ3n) is 3.62. The van der Waals surface area contributed by atoms with Crippen molar-refractivity contribution in [3.05, 3.63) is 47.3 Å². The quantitative estimate of drug-likeness (QED) is 0.766. The summed E-state index contributed by atoms with van der Waals surface area (Å²) in [7, 11) is 0. The van der Waals surface area contributed by atoms with E-state index in [1.165, 1.54) is 6.92 Å². The van der Waals surface area contributed by atoms with Crippen LogP contribution in [0, 0.1) is 6.92 Å². The largest absolute Gasteiger partial charge is 0.433 e. The SMILES string of the molecule is CCc1cc(NCCc2nc(C)cc(C(F)(F)F)n2)n2nccc2n1. The van der Waals surface area contributed by atoms with E-state index < -0.39 is 11.9 Å². The Morgan fingerprint density at radius 3 is 2.68 bits per heavy atom. The number of aromatic nitrogens is 5. The van der Waals surface area contributed by atoms with Gasteiger partial charge in [-0.25, -0.2) is 15.0 Å². The van der Waals surface area contributed by atoms with Crippen molar-refractivity contribution in [3.8, 4) is 0 Å². The maximum absolute atomic E-state index is 12.8. The number of hydrogen-bond donors (Lipinski definition) is 1. The number of nitrogens with one attached hydrogen (secondary N) is 1. The van der Waals surface area contributed by atoms with Crippen molar-refractivity contribution >= 4 is 11.5 Å². The molecule has 0 unspecified atom stereocenters. The maximum atomic E-state index is 12.8. The number of fused-ring (bicyclic) bond motifs is 1. The molecule has 0 aliphatic carbocycles. The number of halogens is 3. The van der Waals surface area contributed by atoms with Crippen LogP contribution < -0.4 is 5.32 Å². The van der Waals surface area contributed by atoms with Crippen LogP contribution >= 0.6 is 0 Å². The topological polar surface area (TPSA) is 68.0 Å². The van der Waals surface area contributed by atoms with Crippen LogP contribution in [0.2, 0.25) is 0 Å². The number of rotatable bonds is 5. The van der Waals surface area contributed by atoms with Gasteiger partial charge in [-0.2, -0.15) is 22.8 Å². The minimum absolute atomic E-state index is 0.154. The molecule has 0 saturated heterocycles. The Hall–Kier alpha value is -2.71. The highest BCUT2D eigenvalue weighted by Gasteiger charge is 2.33. The van der Waals surface area contributed by atoms with Crippen LogP contribution in [-0.4, -0.2) is 31.1 Å². The predicted molar refractivity (Wildman–Crippen MR) is 86.3 cm³/mol. The Kier molecular flexibility index (Phi) is 4.56. The molecule has 0 spiro atoms. The van der Waals surface area contributed by atoms with Gasteiger partial charge in [-0.15, -0.1) is 0 Å². The first-order valence-electron chi connectivity index (χ1n) is 7.86. The van der Waals surface area contributed by atoms with Crippen molar-refractivity contribution in [3.63, 3.8) is 0 Å². The highest BCUT2D eigenvalue weighted by molar-refractivity contribution is 5.49. The summed E-state index contributed by atoms with van der Waals surface area (Å²) >= 11 is 0. The van der Waals surface area contributed by atoms with Crippen LogP contribution in [0.1, 0.15) is 29.8 Å². The molecule has 0 aliphatic rings. The molecule has 0 aromatic carbocycles. The van der Waals surface area contributed by atoms with E-state index in [9.17, 15) is 13.2 Å². The second-order valence-corrected chi connectivity index (χ2v) is 5.57. The first kappa shape index (κ1) is 17.1. The molecule has 132 valence electrons. The number of nitrogens with zero attached hydrogens (tertiary/aromatic N) is 5. The number of anilines is 1. The third kappa shape index (κ3) is 3.86. The lowest BCUT2D eigenvalue weighted by Crippen LogP contribution is -2.15. The van der Waals surface area contributed by atoms with Gasteiger partial charge in [0.05, 0.1) is 6.20 Å². The van der Waals surface area contributed by atoms with Gasteiger partial charge in [0, 0.05) is 36.5 Å². The minimum atomic E-state index is -4.47. The van der Waals surface area contributed by atoms with Crippen molar-refractivity contribution in [1.82, 2.24) is 24.6 Å². The van der Waals surface area contributed by atoms with E-state index in [2.05, 4.69) is 25.4 Å². The van der Waals surface area contributed by atoms with E-state index in [1.807, 2.05) is 13.0 Å². The van der Waals surface area contributed by atoms with E-state index in [-0.39, 0.29) is 12.2 Å². The second kappa shape index (κ2) is 6.66. The molecule has 3 heterocycles. The molecule has 0 atom stereocenters. The number of alkyl halides is 3. The van der Waals surface area contributed by atoms with E-state index in [0.29, 0.717) is 17.9 Å². The molecule has 0 radical (unpaired) electrons. The second-order valence-electron chi connectivity index (χ2n) is 5.57. The third-order valence-corrected chi connectivity index (χ3v) is 3.62. The Labute approximate surface area is 142 Å². The van der Waals surface area contributed by atoms with Crippen LogP contribution in [0.25, 0.3) is 5.65 Å². The fourth-order valence-corrected chi connectivity index (χ4v) is 2.46. The molecular formula is C16H17F3N6. The lowest BCUT2D eigenvalue weighted by atomic mass is 10.3. The molecule has 3 aromatic heterocycles. The van der Waals surface area contributed by atoms with E-state index in [4.69, 9.17) is 0 Å². The Bertz CT molecular complexity index is 887. The summed E-state index contributed by atoms with van der Waals surface area (Å²) in [5, 5.41) is 7.37. The summed E-state index contributed by atoms with van der Waals surface area (Å²) < 4.78 is 40.1. The standard InChI is InChI=1S/C16H17F3N6/c1-3-11-9-15(25-14(23-11)5-7-21-25)20-6-4-13-22-10(2)8-12(24-13)16(17,18)19/h5,7-9,20H,3-4,6H2,1-2H3. The van der Waals surface area contributed by atoms with Crippen molar-refractivity contribution in [2.45, 2.75) is 32.9 Å². The van der Waals surface area contributed by atoms with Crippen LogP contribution in [0.3, 0.4) is 0 Å². The molecular weight excluding hydrogens is 333 g/mol. The lowest BCUT2D eigenvalue weighted by molar-refractivity contribution is -0.141. The van der Waals surface area contributed by atoms with Crippen molar-refractivity contribution in [2.24, 2.45) is 0 Å². The normalized spacial score (nSPS) is 11.9. The minimum Gasteiger partial charge on any atom is -0.369 e. The summed E-state index contributed by atoms with van der Waals surface area (Å²) in [6.07, 6.45) is -1.80. The van der Waals surface area contributed by atoms with Gasteiger partial charge in [0.25, 0.3) is 0 Å². The maximum Gasteiger partial charge on any atom is 0.433 e. The van der Waals surface area contributed by atoms with Gasteiger partial charge in [-0.3, -0.25) is 0 Å². The first-order valence-corrected chi connectivity index (χ1v) is 7.86. The Morgan fingerprint density at radius 1 is 1.16 bits per heavy atom. The monoisotopic (exact) mass is 350 g/mol. The Balaban J connectivity index is 1.75. The Morgan fingerprint density at radius 2 is 1.96 bits per heavy atom. The fraction of sp³-hybridized carbons (Fsp3) is 0.375. The van der Waals surface area contributed by atoms with Crippen molar-refractivity contribution in [1.29, 1.82) is 0 Å². The molecule has 25 heavy (non-hydrogen) atoms. The van der Waals surface area contributed by atoms with Crippen LogP contribution in [0.5, 0.6) is 0 Å². The van der Waals surface area contributed by atoms with Gasteiger partial charge < -0.3 is 5.32 Å². The van der Waals surface area contributed by atoms with E-state index >= 15 is 0 Å². The summed E-state index contributed by atoms with van der Waals surface area (Å²) in [6.45, 7) is 3.90. The molecule has 3 rings (SSSR count). The van der Waals surface area contributed by atoms with Crippen molar-refractivity contribution < 1.29 is 13.2 Å². The fourth-order valence-electron chi connectivity index (χ4n) is 2.46. The lowest BCUT2D eigenvalue weighted by Gasteiger charge is -2.11. The summed E-state index contributed by atoms with van der Waals surface area (Å²) in [5.74, 6) is 0.886. The zero-order valence-electron chi connectivity index (χ0n) is 13.8. The van der Waals surface area contributed by atoms with E-state index in [0.717, 1.165) is 24.0 Å². The molecule has 0 aliphatic heterocycles.